The van der Waals surface area contributed by atoms with E-state index in [0.717, 1.165) is 60.9 Å². The zero-order valence-corrected chi connectivity index (χ0v) is 25.9. The Balaban J connectivity index is 1.09. The molecule has 3 heterocycles. The van der Waals surface area contributed by atoms with Gasteiger partial charge in [-0.1, -0.05) is 127 Å². The van der Waals surface area contributed by atoms with Gasteiger partial charge in [0.2, 0.25) is 0 Å². The van der Waals surface area contributed by atoms with Gasteiger partial charge in [-0.05, 0) is 79.8 Å². The summed E-state index contributed by atoms with van der Waals surface area (Å²) >= 11 is 0. The fourth-order valence-corrected chi connectivity index (χ4v) is 7.23. The molecule has 0 atom stereocenters. The van der Waals surface area contributed by atoms with Crippen molar-refractivity contribution < 1.29 is 0 Å². The van der Waals surface area contributed by atoms with E-state index in [9.17, 15) is 0 Å². The van der Waals surface area contributed by atoms with E-state index >= 15 is 0 Å². The first-order valence-corrected chi connectivity index (χ1v) is 16.3. The van der Waals surface area contributed by atoms with Crippen LogP contribution in [0.5, 0.6) is 0 Å². The Kier molecular flexibility index (Phi) is 5.87. The Morgan fingerprint density at radius 2 is 0.771 bits per heavy atom. The van der Waals surface area contributed by atoms with Gasteiger partial charge in [0, 0.05) is 21.7 Å². The van der Waals surface area contributed by atoms with E-state index in [-0.39, 0.29) is 0 Å². The van der Waals surface area contributed by atoms with Crippen molar-refractivity contribution in [2.24, 2.45) is 0 Å². The van der Waals surface area contributed by atoms with Gasteiger partial charge in [0.15, 0.2) is 0 Å². The van der Waals surface area contributed by atoms with Gasteiger partial charge in [0.05, 0.1) is 33.6 Å². The fraction of sp³-hybridized carbons (Fsp3) is 0. The van der Waals surface area contributed by atoms with Gasteiger partial charge in [-0.2, -0.15) is 0 Å². The van der Waals surface area contributed by atoms with Gasteiger partial charge in [-0.25, -0.2) is 15.0 Å². The van der Waals surface area contributed by atoms with Crippen molar-refractivity contribution in [3.63, 3.8) is 0 Å². The van der Waals surface area contributed by atoms with Crippen molar-refractivity contribution in [3.05, 3.63) is 164 Å². The van der Waals surface area contributed by atoms with Crippen molar-refractivity contribution in [1.82, 2.24) is 15.0 Å². The highest BCUT2D eigenvalue weighted by atomic mass is 14.8. The second-order valence-electron chi connectivity index (χ2n) is 12.4. The minimum atomic E-state index is 0.839. The summed E-state index contributed by atoms with van der Waals surface area (Å²) in [6, 6.07) is 58.0. The third-order valence-corrected chi connectivity index (χ3v) is 9.62. The van der Waals surface area contributed by atoms with Gasteiger partial charge < -0.3 is 0 Å². The summed E-state index contributed by atoms with van der Waals surface area (Å²) in [5.41, 5.74) is 8.77. The monoisotopic (exact) mass is 609 g/mol. The Morgan fingerprint density at radius 1 is 0.271 bits per heavy atom. The molecule has 3 aromatic heterocycles. The van der Waals surface area contributed by atoms with Crippen LogP contribution in [-0.2, 0) is 0 Å². The standard InChI is InChI=1S/C45H27N3/c1-6-15-40-28(8-1)19-24-42(46-40)43-25-21-30-17-16-29-20-23-41(47-44(29)45(30)48-43)33-10-7-9-31(26-33)32-18-22-38-36-13-3-2-11-34(36)35-12-4-5-14-37(35)39(38)27-32/h1-27H. The maximum Gasteiger partial charge on any atom is 0.0973 e. The van der Waals surface area contributed by atoms with Gasteiger partial charge in [0.1, 0.15) is 0 Å². The largest absolute Gasteiger partial charge is 0.246 e. The van der Waals surface area contributed by atoms with Crippen LogP contribution < -0.4 is 0 Å². The molecule has 0 spiro atoms. The predicted molar refractivity (Wildman–Crippen MR) is 201 cm³/mol. The molecular formula is C45H27N3. The molecule has 7 aromatic carbocycles. The van der Waals surface area contributed by atoms with Crippen LogP contribution in [0.3, 0.4) is 0 Å². The molecule has 48 heavy (non-hydrogen) atoms. The second-order valence-corrected chi connectivity index (χ2v) is 12.4. The molecule has 0 saturated carbocycles. The van der Waals surface area contributed by atoms with E-state index in [1.807, 2.05) is 30.3 Å². The lowest BCUT2D eigenvalue weighted by Gasteiger charge is -2.12. The second kappa shape index (κ2) is 10.5. The Morgan fingerprint density at radius 3 is 1.50 bits per heavy atom. The number of aromatic nitrogens is 3. The third-order valence-electron chi connectivity index (χ3n) is 9.62. The van der Waals surface area contributed by atoms with E-state index in [1.54, 1.807) is 0 Å². The normalized spacial score (nSPS) is 11.8. The molecule has 0 unspecified atom stereocenters. The van der Waals surface area contributed by atoms with Crippen LogP contribution in [0.2, 0.25) is 0 Å². The van der Waals surface area contributed by atoms with Crippen molar-refractivity contribution in [2.75, 3.05) is 0 Å². The first kappa shape index (κ1) is 26.7. The summed E-state index contributed by atoms with van der Waals surface area (Å²) in [6.07, 6.45) is 0. The summed E-state index contributed by atoms with van der Waals surface area (Å²) in [6.45, 7) is 0. The highest BCUT2D eigenvalue weighted by Crippen LogP contribution is 2.38. The number of hydrogen-bond donors (Lipinski definition) is 0. The molecule has 0 aliphatic carbocycles. The molecule has 10 rings (SSSR count). The molecular weight excluding hydrogens is 583 g/mol. The van der Waals surface area contributed by atoms with Crippen LogP contribution in [0.1, 0.15) is 0 Å². The minimum Gasteiger partial charge on any atom is -0.246 e. The zero-order chi connectivity index (χ0) is 31.6. The van der Waals surface area contributed by atoms with Crippen molar-refractivity contribution in [2.45, 2.75) is 0 Å². The first-order chi connectivity index (χ1) is 23.8. The average Bonchev–Trinajstić information content (AvgIpc) is 3.17. The topological polar surface area (TPSA) is 38.7 Å². The SMILES string of the molecule is c1cc(-c2ccc3c4ccccc4c4ccccc4c3c2)cc(-c2ccc3ccc4ccc(-c5ccc6ccccc6n5)nc4c3n2)c1. The maximum absolute atomic E-state index is 5.24. The lowest BCUT2D eigenvalue weighted by atomic mass is 9.91. The van der Waals surface area contributed by atoms with E-state index in [2.05, 4.69) is 133 Å². The summed E-state index contributed by atoms with van der Waals surface area (Å²) in [5.74, 6) is 0. The highest BCUT2D eigenvalue weighted by Gasteiger charge is 2.12. The van der Waals surface area contributed by atoms with Gasteiger partial charge in [-0.3, -0.25) is 0 Å². The number of rotatable bonds is 3. The summed E-state index contributed by atoms with van der Waals surface area (Å²) in [4.78, 5) is 15.3. The summed E-state index contributed by atoms with van der Waals surface area (Å²) in [7, 11) is 0. The maximum atomic E-state index is 5.24. The van der Waals surface area contributed by atoms with Crippen LogP contribution in [-0.4, -0.2) is 15.0 Å². The lowest BCUT2D eigenvalue weighted by Crippen LogP contribution is -1.92. The number of fused-ring (bicyclic) bond motifs is 10. The smallest absolute Gasteiger partial charge is 0.0973 e. The van der Waals surface area contributed by atoms with Crippen molar-refractivity contribution in [3.8, 4) is 33.8 Å². The third kappa shape index (κ3) is 4.25. The first-order valence-electron chi connectivity index (χ1n) is 16.3. The van der Waals surface area contributed by atoms with E-state index in [1.165, 1.54) is 37.9 Å². The van der Waals surface area contributed by atoms with Gasteiger partial charge in [0.25, 0.3) is 0 Å². The zero-order valence-electron chi connectivity index (χ0n) is 25.9. The van der Waals surface area contributed by atoms with E-state index in [4.69, 9.17) is 15.0 Å². The van der Waals surface area contributed by atoms with Crippen molar-refractivity contribution in [1.29, 1.82) is 0 Å². The number of pyridine rings is 3. The number of nitrogens with zero attached hydrogens (tertiary/aromatic N) is 3. The number of benzene rings is 7. The van der Waals surface area contributed by atoms with Gasteiger partial charge in [-0.15, -0.1) is 0 Å². The fourth-order valence-electron chi connectivity index (χ4n) is 7.23. The molecule has 10 aromatic rings. The molecule has 0 fully saturated rings. The number of para-hydroxylation sites is 1. The quantitative estimate of drug-likeness (QED) is 0.187. The minimum absolute atomic E-state index is 0.839. The van der Waals surface area contributed by atoms with Crippen LogP contribution in [0.4, 0.5) is 0 Å². The molecule has 3 heteroatoms. The predicted octanol–water partition coefficient (Wildman–Crippen LogP) is 11.8. The van der Waals surface area contributed by atoms with Crippen LogP contribution in [0.15, 0.2) is 164 Å². The molecule has 0 aliphatic rings. The molecule has 0 aliphatic heterocycles. The molecule has 3 nitrogen and oxygen atoms in total. The lowest BCUT2D eigenvalue weighted by molar-refractivity contribution is 1.31. The number of hydrogen-bond acceptors (Lipinski definition) is 3. The van der Waals surface area contributed by atoms with Crippen LogP contribution in [0, 0.1) is 0 Å². The molecule has 0 N–H and O–H groups in total. The molecule has 0 saturated heterocycles. The molecule has 0 amide bonds. The Labute approximate surface area is 276 Å². The van der Waals surface area contributed by atoms with E-state index in [0.29, 0.717) is 0 Å². The summed E-state index contributed by atoms with van der Waals surface area (Å²) < 4.78 is 0. The molecule has 0 bridgehead atoms. The van der Waals surface area contributed by atoms with Gasteiger partial charge >= 0.3 is 0 Å². The summed E-state index contributed by atoms with van der Waals surface area (Å²) in [5, 5.41) is 10.9. The molecule has 222 valence electrons. The average molecular weight is 610 g/mol. The van der Waals surface area contributed by atoms with Crippen molar-refractivity contribution >= 4 is 65.0 Å². The Bertz CT molecular complexity index is 2870. The van der Waals surface area contributed by atoms with E-state index < -0.39 is 0 Å². The molecule has 0 radical (unpaired) electrons. The highest BCUT2D eigenvalue weighted by molar-refractivity contribution is 6.25. The Hall–Kier alpha value is -6.45. The van der Waals surface area contributed by atoms with Crippen LogP contribution >= 0.6 is 0 Å². The van der Waals surface area contributed by atoms with Crippen LogP contribution in [0.25, 0.3) is 98.8 Å².